The number of halogens is 3. The second-order valence-electron chi connectivity index (χ2n) is 14.0. The molecule has 226 valence electrons. The van der Waals surface area contributed by atoms with E-state index in [2.05, 4.69) is 12.4 Å². The summed E-state index contributed by atoms with van der Waals surface area (Å²) < 4.78 is 51.6. The van der Waals surface area contributed by atoms with Gasteiger partial charge in [-0.15, -0.1) is 0 Å². The second kappa shape index (κ2) is 9.44. The third-order valence-corrected chi connectivity index (χ3v) is 11.2. The Kier molecular flexibility index (Phi) is 6.33. The van der Waals surface area contributed by atoms with Crippen LogP contribution in [-0.4, -0.2) is 84.8 Å². The van der Waals surface area contributed by atoms with Crippen LogP contribution in [-0.2, 0) is 9.53 Å². The SMILES string of the molecule is CN(C)C(=C(C(=O)NC1(O)C=CC2=C3C1O[C@H]1CCC[C@H]4[C@@H](C2)[N+](C)(CC2CC2)CC[C@]314)C(F)(F)F)c1ccccc1. The monoisotopic (exact) mass is 584 g/mol. The molecule has 2 aliphatic heterocycles. The number of carbonyl (C=O) groups excluding carboxylic acids is 1. The van der Waals surface area contributed by atoms with Crippen LogP contribution in [0.3, 0.4) is 0 Å². The first-order chi connectivity index (χ1) is 19.9. The van der Waals surface area contributed by atoms with Gasteiger partial charge >= 0.3 is 6.18 Å². The summed E-state index contributed by atoms with van der Waals surface area (Å²) in [5, 5.41) is 14.5. The average molecular weight is 585 g/mol. The molecule has 42 heavy (non-hydrogen) atoms. The van der Waals surface area contributed by atoms with Gasteiger partial charge in [0, 0.05) is 44.2 Å². The summed E-state index contributed by atoms with van der Waals surface area (Å²) in [7, 11) is 5.38. The van der Waals surface area contributed by atoms with Crippen molar-refractivity contribution in [3.05, 3.63) is 64.8 Å². The summed E-state index contributed by atoms with van der Waals surface area (Å²) in [6, 6.07) is 8.54. The standard InChI is InChI=1S/C33H40F3N3O3/c1-38(2)28(21-8-5-4-6-9-21)27(33(34,35)36)30(40)37-32(41)15-14-22-18-24-23-10-7-11-25-31(23,26(22)29(32)42-25)16-17-39(24,3)19-20-12-13-20/h4-6,8-9,14-15,20,23-25,29,41H,7,10-13,16-19H2,1-3H3/p+1/t23-,24+,25-,29?,31+,32?,39?/m0/s1. The summed E-state index contributed by atoms with van der Waals surface area (Å²) in [5.41, 5.74) is -1.48. The number of rotatable bonds is 6. The van der Waals surface area contributed by atoms with E-state index in [4.69, 9.17) is 4.74 Å². The fraction of sp³-hybridized carbons (Fsp3) is 0.606. The molecule has 2 N–H and O–H groups in total. The number of nitrogens with zero attached hydrogens (tertiary/aromatic N) is 2. The van der Waals surface area contributed by atoms with Crippen LogP contribution in [0, 0.1) is 17.3 Å². The maximum Gasteiger partial charge on any atom is 0.423 e. The van der Waals surface area contributed by atoms with E-state index >= 15 is 0 Å². The summed E-state index contributed by atoms with van der Waals surface area (Å²) in [4.78, 5) is 15.0. The molecule has 0 radical (unpaired) electrons. The minimum Gasteiger partial charge on any atom is -0.377 e. The van der Waals surface area contributed by atoms with Gasteiger partial charge in [0.25, 0.3) is 5.91 Å². The van der Waals surface area contributed by atoms with Gasteiger partial charge in [-0.3, -0.25) is 4.79 Å². The maximum absolute atomic E-state index is 14.6. The van der Waals surface area contributed by atoms with E-state index in [0.29, 0.717) is 12.0 Å². The number of hydrogen-bond acceptors (Lipinski definition) is 4. The van der Waals surface area contributed by atoms with Gasteiger partial charge in [-0.1, -0.05) is 42.8 Å². The number of amides is 1. The van der Waals surface area contributed by atoms with E-state index in [9.17, 15) is 23.1 Å². The Bertz CT molecular complexity index is 1380. The molecule has 4 aliphatic carbocycles. The van der Waals surface area contributed by atoms with Crippen molar-refractivity contribution in [3.63, 3.8) is 0 Å². The van der Waals surface area contributed by atoms with Crippen molar-refractivity contribution in [2.45, 2.75) is 75.1 Å². The number of aliphatic hydroxyl groups is 1. The molecule has 2 heterocycles. The number of hydrogen-bond donors (Lipinski definition) is 2. The summed E-state index contributed by atoms with van der Waals surface area (Å²) in [6.45, 7) is 2.25. The Morgan fingerprint density at radius 2 is 1.90 bits per heavy atom. The Hall–Kier alpha value is -2.62. The minimum atomic E-state index is -4.96. The lowest BCUT2D eigenvalue weighted by molar-refractivity contribution is -0.947. The molecule has 1 aromatic carbocycles. The molecule has 9 heteroatoms. The molecule has 2 saturated heterocycles. The number of quaternary nitrogens is 1. The van der Waals surface area contributed by atoms with E-state index in [-0.39, 0.29) is 22.8 Å². The lowest BCUT2D eigenvalue weighted by atomic mass is 9.50. The Morgan fingerprint density at radius 1 is 1.17 bits per heavy atom. The maximum atomic E-state index is 14.6. The van der Waals surface area contributed by atoms with E-state index < -0.39 is 29.5 Å². The molecule has 1 aromatic rings. The van der Waals surface area contributed by atoms with E-state index in [0.717, 1.165) is 60.2 Å². The Labute approximate surface area is 245 Å². The van der Waals surface area contributed by atoms with Gasteiger partial charge in [-0.05, 0) is 48.5 Å². The molecular weight excluding hydrogens is 543 g/mol. The van der Waals surface area contributed by atoms with Gasteiger partial charge < -0.3 is 24.5 Å². The predicted octanol–water partition coefficient (Wildman–Crippen LogP) is 4.78. The molecule has 2 bridgehead atoms. The zero-order chi connectivity index (χ0) is 29.7. The van der Waals surface area contributed by atoms with Gasteiger partial charge in [0.05, 0.1) is 38.0 Å². The molecule has 3 unspecified atom stereocenters. The lowest BCUT2D eigenvalue weighted by Crippen LogP contribution is -2.69. The first kappa shape index (κ1) is 28.2. The zero-order valence-electron chi connectivity index (χ0n) is 24.6. The molecule has 7 atom stereocenters. The van der Waals surface area contributed by atoms with Gasteiger partial charge in [-0.2, -0.15) is 13.2 Å². The van der Waals surface area contributed by atoms with Gasteiger partial charge in [-0.25, -0.2) is 0 Å². The summed E-state index contributed by atoms with van der Waals surface area (Å²) in [5.74, 6) is -0.148. The molecule has 0 aromatic heterocycles. The quantitative estimate of drug-likeness (QED) is 0.287. The third kappa shape index (κ3) is 4.14. The molecule has 6 aliphatic rings. The third-order valence-electron chi connectivity index (χ3n) is 11.2. The first-order valence-corrected chi connectivity index (χ1v) is 15.4. The van der Waals surface area contributed by atoms with E-state index in [1.807, 2.05) is 6.08 Å². The van der Waals surface area contributed by atoms with Crippen molar-refractivity contribution in [1.29, 1.82) is 0 Å². The topological polar surface area (TPSA) is 61.8 Å². The fourth-order valence-electron chi connectivity index (χ4n) is 9.40. The Morgan fingerprint density at radius 3 is 2.57 bits per heavy atom. The van der Waals surface area contributed by atoms with Crippen LogP contribution in [0.1, 0.15) is 50.5 Å². The van der Waals surface area contributed by atoms with Crippen molar-refractivity contribution < 1.29 is 32.3 Å². The molecular formula is C33H41F3N3O3+. The van der Waals surface area contributed by atoms with Crippen molar-refractivity contribution >= 4 is 11.6 Å². The highest BCUT2D eigenvalue weighted by atomic mass is 19.4. The largest absolute Gasteiger partial charge is 0.423 e. The van der Waals surface area contributed by atoms with Crippen molar-refractivity contribution in [2.24, 2.45) is 17.3 Å². The highest BCUT2D eigenvalue weighted by molar-refractivity contribution is 6.02. The number of ether oxygens (including phenoxy) is 1. The highest BCUT2D eigenvalue weighted by Crippen LogP contribution is 2.67. The number of piperidine rings is 1. The van der Waals surface area contributed by atoms with Crippen LogP contribution in [0.2, 0.25) is 0 Å². The number of nitrogens with one attached hydrogen (secondary N) is 1. The minimum absolute atomic E-state index is 0.105. The van der Waals surface area contributed by atoms with Crippen molar-refractivity contribution in [1.82, 2.24) is 10.2 Å². The second-order valence-corrected chi connectivity index (χ2v) is 14.0. The van der Waals surface area contributed by atoms with Gasteiger partial charge in [0.2, 0.25) is 0 Å². The summed E-state index contributed by atoms with van der Waals surface area (Å²) in [6.07, 6.45) is 4.83. The fourth-order valence-corrected chi connectivity index (χ4v) is 9.40. The average Bonchev–Trinajstić information content (AvgIpc) is 3.67. The molecule has 1 amide bonds. The zero-order valence-corrected chi connectivity index (χ0v) is 24.6. The van der Waals surface area contributed by atoms with Crippen molar-refractivity contribution in [3.8, 4) is 0 Å². The van der Waals surface area contributed by atoms with Crippen molar-refractivity contribution in [2.75, 3.05) is 34.2 Å². The van der Waals surface area contributed by atoms with Crippen LogP contribution in [0.5, 0.6) is 0 Å². The van der Waals surface area contributed by atoms with Crippen LogP contribution in [0.15, 0.2) is 59.2 Å². The Balaban J connectivity index is 1.26. The number of allylic oxidation sites excluding steroid dienone is 1. The molecule has 6 nitrogen and oxygen atoms in total. The molecule has 2 saturated carbocycles. The number of alkyl halides is 3. The van der Waals surface area contributed by atoms with Crippen LogP contribution < -0.4 is 5.32 Å². The highest BCUT2D eigenvalue weighted by Gasteiger charge is 2.71. The smallest absolute Gasteiger partial charge is 0.377 e. The molecule has 4 fully saturated rings. The first-order valence-electron chi connectivity index (χ1n) is 15.4. The molecule has 7 rings (SSSR count). The van der Waals surface area contributed by atoms with Crippen LogP contribution >= 0.6 is 0 Å². The van der Waals surface area contributed by atoms with Gasteiger partial charge in [0.15, 0.2) is 5.72 Å². The number of carbonyl (C=O) groups is 1. The predicted molar refractivity (Wildman–Crippen MR) is 152 cm³/mol. The van der Waals surface area contributed by atoms with E-state index in [1.54, 1.807) is 30.3 Å². The van der Waals surface area contributed by atoms with Crippen LogP contribution in [0.4, 0.5) is 13.2 Å². The lowest BCUT2D eigenvalue weighted by Gasteiger charge is -2.61. The van der Waals surface area contributed by atoms with E-state index in [1.165, 1.54) is 44.5 Å². The van der Waals surface area contributed by atoms with Gasteiger partial charge in [0.1, 0.15) is 11.7 Å². The normalized spacial score (nSPS) is 39.0. The summed E-state index contributed by atoms with van der Waals surface area (Å²) >= 11 is 0. The molecule has 1 spiro atoms. The number of benzene rings is 1. The number of likely N-dealkylation sites (tertiary alicyclic amines) is 1. The van der Waals surface area contributed by atoms with Crippen LogP contribution in [0.25, 0.3) is 5.70 Å².